The van der Waals surface area contributed by atoms with E-state index in [9.17, 15) is 9.59 Å². The van der Waals surface area contributed by atoms with Crippen molar-refractivity contribution in [2.75, 3.05) is 20.1 Å². The number of hydrogen-bond acceptors (Lipinski definition) is 3. The lowest BCUT2D eigenvalue weighted by Crippen LogP contribution is -2.47. The van der Waals surface area contributed by atoms with Crippen LogP contribution < -0.4 is 0 Å². The Morgan fingerprint density at radius 3 is 2.68 bits per heavy atom. The predicted octanol–water partition coefficient (Wildman–Crippen LogP) is 2.86. The lowest BCUT2D eigenvalue weighted by atomic mass is 9.86. The van der Waals surface area contributed by atoms with Gasteiger partial charge in [-0.25, -0.2) is 0 Å². The highest BCUT2D eigenvalue weighted by Crippen LogP contribution is 2.38. The third-order valence-corrected chi connectivity index (χ3v) is 4.97. The Morgan fingerprint density at radius 2 is 2.14 bits per heavy atom. The van der Waals surface area contributed by atoms with Gasteiger partial charge in [-0.1, -0.05) is 18.2 Å². The molecule has 0 saturated carbocycles. The molecule has 4 nitrogen and oxygen atoms in total. The van der Waals surface area contributed by atoms with Crippen LogP contribution in [-0.4, -0.2) is 41.8 Å². The maximum absolute atomic E-state index is 12.9. The zero-order valence-electron chi connectivity index (χ0n) is 12.9. The Balaban J connectivity index is 2.29. The number of hydrogen-bond donors (Lipinski definition) is 0. The lowest BCUT2D eigenvalue weighted by Gasteiger charge is -2.39. The molecule has 0 bridgehead atoms. The summed E-state index contributed by atoms with van der Waals surface area (Å²) in [6.45, 7) is 8.42. The van der Waals surface area contributed by atoms with E-state index in [-0.39, 0.29) is 23.8 Å². The smallest absolute Gasteiger partial charge is 0.228 e. The number of piperidine rings is 1. The van der Waals surface area contributed by atoms with E-state index in [1.807, 2.05) is 17.5 Å². The first-order valence-electron chi connectivity index (χ1n) is 7.39. The van der Waals surface area contributed by atoms with Crippen molar-refractivity contribution in [2.24, 2.45) is 5.92 Å². The molecule has 1 aliphatic heterocycles. The van der Waals surface area contributed by atoms with Crippen molar-refractivity contribution in [2.45, 2.75) is 18.9 Å². The van der Waals surface area contributed by atoms with Crippen molar-refractivity contribution in [3.63, 3.8) is 0 Å². The summed E-state index contributed by atoms with van der Waals surface area (Å²) < 4.78 is 0. The molecular weight excluding hydrogens is 296 g/mol. The maximum atomic E-state index is 12.9. The van der Waals surface area contributed by atoms with Crippen LogP contribution in [0.15, 0.2) is 42.8 Å². The van der Waals surface area contributed by atoms with Gasteiger partial charge in [0.2, 0.25) is 11.8 Å². The molecule has 118 valence electrons. The standard InChI is InChI=1S/C17H22N2O2S/c1-4-10-19(11-5-2)17(21)13-8-9-15(20)18(3)16(13)14-7-6-12-22-14/h4-7,12-13,16H,1-2,8-11H2,3H3/t13-,16+/m1/s1. The predicted molar refractivity (Wildman–Crippen MR) is 89.5 cm³/mol. The topological polar surface area (TPSA) is 40.6 Å². The molecule has 1 aromatic rings. The summed E-state index contributed by atoms with van der Waals surface area (Å²) in [4.78, 5) is 29.5. The van der Waals surface area contributed by atoms with Gasteiger partial charge < -0.3 is 9.80 Å². The van der Waals surface area contributed by atoms with Gasteiger partial charge in [0.15, 0.2) is 0 Å². The molecule has 0 N–H and O–H groups in total. The molecule has 2 heterocycles. The molecule has 0 radical (unpaired) electrons. The van der Waals surface area contributed by atoms with E-state index < -0.39 is 0 Å². The van der Waals surface area contributed by atoms with Gasteiger partial charge >= 0.3 is 0 Å². The second-order valence-electron chi connectivity index (χ2n) is 5.43. The monoisotopic (exact) mass is 318 g/mol. The van der Waals surface area contributed by atoms with Crippen molar-refractivity contribution < 1.29 is 9.59 Å². The van der Waals surface area contributed by atoms with E-state index in [4.69, 9.17) is 0 Å². The summed E-state index contributed by atoms with van der Waals surface area (Å²) in [6.07, 6.45) is 4.46. The van der Waals surface area contributed by atoms with Crippen LogP contribution in [0.2, 0.25) is 0 Å². The summed E-state index contributed by atoms with van der Waals surface area (Å²) in [5, 5.41) is 1.98. The van der Waals surface area contributed by atoms with E-state index in [0.717, 1.165) is 4.88 Å². The average molecular weight is 318 g/mol. The van der Waals surface area contributed by atoms with Gasteiger partial charge in [-0.2, -0.15) is 0 Å². The fourth-order valence-electron chi connectivity index (χ4n) is 2.95. The molecule has 22 heavy (non-hydrogen) atoms. The molecule has 0 spiro atoms. The van der Waals surface area contributed by atoms with Crippen molar-refractivity contribution in [1.82, 2.24) is 9.80 Å². The molecule has 2 atom stereocenters. The molecular formula is C17H22N2O2S. The molecule has 1 aliphatic rings. The summed E-state index contributed by atoms with van der Waals surface area (Å²) in [7, 11) is 1.79. The fraction of sp³-hybridized carbons (Fsp3) is 0.412. The van der Waals surface area contributed by atoms with Gasteiger partial charge in [0.25, 0.3) is 0 Å². The Morgan fingerprint density at radius 1 is 1.45 bits per heavy atom. The first kappa shape index (κ1) is 16.5. The number of carbonyl (C=O) groups excluding carboxylic acids is 2. The molecule has 2 amide bonds. The number of amides is 2. The van der Waals surface area contributed by atoms with Gasteiger partial charge in [0.05, 0.1) is 12.0 Å². The summed E-state index contributed by atoms with van der Waals surface area (Å²) in [5.41, 5.74) is 0. The van der Waals surface area contributed by atoms with Crippen LogP contribution in [0, 0.1) is 5.92 Å². The number of likely N-dealkylation sites (tertiary alicyclic amines) is 1. The third-order valence-electron chi connectivity index (χ3n) is 4.02. The molecule has 0 unspecified atom stereocenters. The van der Waals surface area contributed by atoms with Gasteiger partial charge in [-0.05, 0) is 17.9 Å². The van der Waals surface area contributed by atoms with Crippen LogP contribution in [0.3, 0.4) is 0 Å². The molecule has 2 rings (SSSR count). The molecule has 0 aliphatic carbocycles. The van der Waals surface area contributed by atoms with Crippen LogP contribution in [0.1, 0.15) is 23.8 Å². The zero-order chi connectivity index (χ0) is 16.1. The SMILES string of the molecule is C=CCN(CC=C)C(=O)[C@@H]1CCC(=O)N(C)[C@@H]1c1cccs1. The van der Waals surface area contributed by atoms with Crippen LogP contribution >= 0.6 is 11.3 Å². The first-order valence-corrected chi connectivity index (χ1v) is 8.27. The highest BCUT2D eigenvalue weighted by Gasteiger charge is 2.40. The summed E-state index contributed by atoms with van der Waals surface area (Å²) >= 11 is 1.59. The first-order chi connectivity index (χ1) is 10.6. The van der Waals surface area contributed by atoms with Crippen molar-refractivity contribution in [3.8, 4) is 0 Å². The minimum atomic E-state index is -0.207. The number of nitrogens with zero attached hydrogens (tertiary/aromatic N) is 2. The number of rotatable bonds is 6. The Bertz CT molecular complexity index is 543. The van der Waals surface area contributed by atoms with Gasteiger partial charge in [0.1, 0.15) is 0 Å². The van der Waals surface area contributed by atoms with Crippen LogP contribution in [-0.2, 0) is 9.59 Å². The third kappa shape index (κ3) is 3.30. The quantitative estimate of drug-likeness (QED) is 0.757. The van der Waals surface area contributed by atoms with E-state index in [0.29, 0.717) is 25.9 Å². The van der Waals surface area contributed by atoms with Gasteiger partial charge in [0, 0.05) is 31.4 Å². The molecule has 0 aromatic carbocycles. The number of carbonyl (C=O) groups is 2. The second-order valence-corrected chi connectivity index (χ2v) is 6.41. The number of thiophene rings is 1. The molecule has 1 fully saturated rings. The minimum absolute atomic E-state index is 0.0672. The van der Waals surface area contributed by atoms with E-state index in [1.54, 1.807) is 40.3 Å². The fourth-order valence-corrected chi connectivity index (χ4v) is 3.88. The second kappa shape index (κ2) is 7.40. The Hall–Kier alpha value is -1.88. The Labute approximate surface area is 135 Å². The average Bonchev–Trinajstić information content (AvgIpc) is 3.03. The largest absolute Gasteiger partial charge is 0.337 e. The van der Waals surface area contributed by atoms with Crippen molar-refractivity contribution >= 4 is 23.2 Å². The molecule has 5 heteroatoms. The zero-order valence-corrected chi connectivity index (χ0v) is 13.7. The van der Waals surface area contributed by atoms with Crippen LogP contribution in [0.5, 0.6) is 0 Å². The maximum Gasteiger partial charge on any atom is 0.228 e. The van der Waals surface area contributed by atoms with Gasteiger partial charge in [-0.3, -0.25) is 9.59 Å². The summed E-state index contributed by atoms with van der Waals surface area (Å²) in [6, 6.07) is 3.78. The van der Waals surface area contributed by atoms with Gasteiger partial charge in [-0.15, -0.1) is 24.5 Å². The van der Waals surface area contributed by atoms with E-state index in [1.165, 1.54) is 0 Å². The van der Waals surface area contributed by atoms with Crippen LogP contribution in [0.4, 0.5) is 0 Å². The summed E-state index contributed by atoms with van der Waals surface area (Å²) in [5.74, 6) is -0.0414. The van der Waals surface area contributed by atoms with E-state index in [2.05, 4.69) is 13.2 Å². The highest BCUT2D eigenvalue weighted by molar-refractivity contribution is 7.10. The Kier molecular flexibility index (Phi) is 5.55. The van der Waals surface area contributed by atoms with E-state index >= 15 is 0 Å². The minimum Gasteiger partial charge on any atom is -0.337 e. The van der Waals surface area contributed by atoms with Crippen molar-refractivity contribution in [1.29, 1.82) is 0 Å². The van der Waals surface area contributed by atoms with Crippen molar-refractivity contribution in [3.05, 3.63) is 47.7 Å². The molecule has 1 aromatic heterocycles. The highest BCUT2D eigenvalue weighted by atomic mass is 32.1. The normalized spacial score (nSPS) is 21.5. The molecule has 1 saturated heterocycles. The van der Waals surface area contributed by atoms with Crippen LogP contribution in [0.25, 0.3) is 0 Å². The lowest BCUT2D eigenvalue weighted by molar-refractivity contribution is -0.146.